The number of carbonyl (C=O) groups is 1. The van der Waals surface area contributed by atoms with Crippen molar-refractivity contribution in [2.45, 2.75) is 49.6 Å². The highest BCUT2D eigenvalue weighted by Crippen LogP contribution is 2.24. The van der Waals surface area contributed by atoms with E-state index in [9.17, 15) is 4.79 Å². The second-order valence-electron chi connectivity index (χ2n) is 6.77. The Kier molecular flexibility index (Phi) is 6.93. The minimum atomic E-state index is -0.239. The predicted molar refractivity (Wildman–Crippen MR) is 100 cm³/mol. The van der Waals surface area contributed by atoms with Gasteiger partial charge in [-0.3, -0.25) is 14.7 Å². The van der Waals surface area contributed by atoms with Gasteiger partial charge in [0.25, 0.3) is 0 Å². The third kappa shape index (κ3) is 5.31. The highest BCUT2D eigenvalue weighted by atomic mass is 32.2. The van der Waals surface area contributed by atoms with E-state index in [1.54, 1.807) is 6.20 Å². The molecule has 25 heavy (non-hydrogen) atoms. The summed E-state index contributed by atoms with van der Waals surface area (Å²) in [5, 5.41) is 0.778. The van der Waals surface area contributed by atoms with Crippen LogP contribution in [0.15, 0.2) is 17.4 Å². The number of thioether (sulfide) groups is 1. The number of piperidine rings is 1. The van der Waals surface area contributed by atoms with Crippen LogP contribution >= 0.6 is 11.8 Å². The number of carbonyl (C=O) groups excluding carboxylic acids is 1. The summed E-state index contributed by atoms with van der Waals surface area (Å²) in [5.74, 6) is 0.955. The van der Waals surface area contributed by atoms with Crippen LogP contribution in [0.2, 0.25) is 0 Å². The summed E-state index contributed by atoms with van der Waals surface area (Å²) in [6.45, 7) is 4.53. The molecular weight excluding hydrogens is 336 g/mol. The van der Waals surface area contributed by atoms with E-state index in [0.717, 1.165) is 23.9 Å². The molecule has 1 unspecified atom stereocenters. The Morgan fingerprint density at radius 3 is 2.76 bits per heavy atom. The zero-order valence-electron chi connectivity index (χ0n) is 15.0. The number of methoxy groups -OCH3 is 1. The van der Waals surface area contributed by atoms with E-state index < -0.39 is 0 Å². The molecule has 2 saturated heterocycles. The summed E-state index contributed by atoms with van der Waals surface area (Å²) in [5.41, 5.74) is 0. The molecule has 1 aromatic heterocycles. The SMILES string of the molecule is COC(=O)CSc1cncc(N2CCCC(N3CCCCCC3)C2)n1. The minimum Gasteiger partial charge on any atom is -0.468 e. The average Bonchev–Trinajstić information content (AvgIpc) is 2.96. The fourth-order valence-corrected chi connectivity index (χ4v) is 4.35. The number of hydrogen-bond donors (Lipinski definition) is 0. The van der Waals surface area contributed by atoms with Crippen molar-refractivity contribution in [1.29, 1.82) is 0 Å². The first-order valence-electron chi connectivity index (χ1n) is 9.27. The Morgan fingerprint density at radius 2 is 2.00 bits per heavy atom. The van der Waals surface area contributed by atoms with E-state index in [1.165, 1.54) is 70.5 Å². The van der Waals surface area contributed by atoms with Crippen LogP contribution in [0.1, 0.15) is 38.5 Å². The normalized spacial score (nSPS) is 22.4. The van der Waals surface area contributed by atoms with Gasteiger partial charge < -0.3 is 9.64 Å². The van der Waals surface area contributed by atoms with Crippen molar-refractivity contribution in [2.24, 2.45) is 0 Å². The molecule has 2 fully saturated rings. The number of anilines is 1. The van der Waals surface area contributed by atoms with Crippen LogP contribution in [0.25, 0.3) is 0 Å². The van der Waals surface area contributed by atoms with Gasteiger partial charge in [-0.15, -0.1) is 0 Å². The number of rotatable bonds is 5. The molecule has 2 aliphatic heterocycles. The third-order valence-corrected chi connectivity index (χ3v) is 5.92. The van der Waals surface area contributed by atoms with Crippen LogP contribution in [0.3, 0.4) is 0 Å². The van der Waals surface area contributed by atoms with Crippen molar-refractivity contribution < 1.29 is 9.53 Å². The van der Waals surface area contributed by atoms with Crippen LogP contribution in [0.5, 0.6) is 0 Å². The molecule has 2 aliphatic rings. The summed E-state index contributed by atoms with van der Waals surface area (Å²) in [6, 6.07) is 0.625. The first-order valence-corrected chi connectivity index (χ1v) is 10.3. The van der Waals surface area contributed by atoms with E-state index >= 15 is 0 Å². The highest BCUT2D eigenvalue weighted by molar-refractivity contribution is 7.99. The summed E-state index contributed by atoms with van der Waals surface area (Å²) >= 11 is 1.38. The molecule has 1 aromatic rings. The van der Waals surface area contributed by atoms with Gasteiger partial charge >= 0.3 is 5.97 Å². The molecule has 1 atom stereocenters. The van der Waals surface area contributed by atoms with Crippen molar-refractivity contribution in [3.05, 3.63) is 12.4 Å². The maximum Gasteiger partial charge on any atom is 0.316 e. The van der Waals surface area contributed by atoms with Crippen LogP contribution in [-0.2, 0) is 9.53 Å². The van der Waals surface area contributed by atoms with Crippen LogP contribution in [-0.4, -0.2) is 65.9 Å². The van der Waals surface area contributed by atoms with Crippen molar-refractivity contribution >= 4 is 23.5 Å². The van der Waals surface area contributed by atoms with E-state index in [0.29, 0.717) is 6.04 Å². The van der Waals surface area contributed by atoms with Gasteiger partial charge in [0.15, 0.2) is 0 Å². The van der Waals surface area contributed by atoms with Crippen LogP contribution in [0, 0.1) is 0 Å². The molecule has 0 saturated carbocycles. The van der Waals surface area contributed by atoms with Crippen molar-refractivity contribution in [2.75, 3.05) is 43.9 Å². The summed E-state index contributed by atoms with van der Waals surface area (Å²) < 4.78 is 4.69. The maximum atomic E-state index is 11.3. The molecule has 0 radical (unpaired) electrons. The number of hydrogen-bond acceptors (Lipinski definition) is 7. The van der Waals surface area contributed by atoms with Gasteiger partial charge in [-0.1, -0.05) is 24.6 Å². The topological polar surface area (TPSA) is 58.6 Å². The number of esters is 1. The molecule has 0 aliphatic carbocycles. The van der Waals surface area contributed by atoms with Gasteiger partial charge in [-0.05, 0) is 38.8 Å². The summed E-state index contributed by atoms with van der Waals surface area (Å²) in [6.07, 6.45) is 11.4. The molecule has 3 rings (SSSR count). The first-order chi connectivity index (χ1) is 12.3. The zero-order chi connectivity index (χ0) is 17.5. The van der Waals surface area contributed by atoms with Gasteiger partial charge in [-0.25, -0.2) is 4.98 Å². The lowest BCUT2D eigenvalue weighted by molar-refractivity contribution is -0.137. The summed E-state index contributed by atoms with van der Waals surface area (Å²) in [7, 11) is 1.40. The molecule has 138 valence electrons. The standard InChI is InChI=1S/C18H28N4O2S/c1-24-18(23)14-25-17-12-19-11-16(20-17)22-10-6-7-15(13-22)21-8-4-2-3-5-9-21/h11-12,15H,2-10,13-14H2,1H3. The lowest BCUT2D eigenvalue weighted by Crippen LogP contribution is -2.48. The molecule has 7 heteroatoms. The molecular formula is C18H28N4O2S. The van der Waals surface area contributed by atoms with E-state index in [4.69, 9.17) is 4.98 Å². The number of aromatic nitrogens is 2. The highest BCUT2D eigenvalue weighted by Gasteiger charge is 2.26. The Hall–Kier alpha value is -1.34. The van der Waals surface area contributed by atoms with E-state index in [1.807, 2.05) is 6.20 Å². The molecule has 0 N–H and O–H groups in total. The van der Waals surface area contributed by atoms with Gasteiger partial charge in [0.05, 0.1) is 25.3 Å². The lowest BCUT2D eigenvalue weighted by Gasteiger charge is -2.39. The Morgan fingerprint density at radius 1 is 1.20 bits per heavy atom. The predicted octanol–water partition coefficient (Wildman–Crippen LogP) is 2.59. The Bertz CT molecular complexity index is 564. The second-order valence-corrected chi connectivity index (χ2v) is 7.77. The van der Waals surface area contributed by atoms with Gasteiger partial charge in [-0.2, -0.15) is 0 Å². The second kappa shape index (κ2) is 9.38. The third-order valence-electron chi connectivity index (χ3n) is 5.04. The van der Waals surface area contributed by atoms with E-state index in [-0.39, 0.29) is 11.7 Å². The molecule has 0 spiro atoms. The number of nitrogens with zero attached hydrogens (tertiary/aromatic N) is 4. The molecule has 0 bridgehead atoms. The number of likely N-dealkylation sites (tertiary alicyclic amines) is 1. The maximum absolute atomic E-state index is 11.3. The summed E-state index contributed by atoms with van der Waals surface area (Å²) in [4.78, 5) is 25.4. The van der Waals surface area contributed by atoms with Gasteiger partial charge in [0.2, 0.25) is 0 Å². The fraction of sp³-hybridized carbons (Fsp3) is 0.722. The molecule has 6 nitrogen and oxygen atoms in total. The Labute approximate surface area is 154 Å². The van der Waals surface area contributed by atoms with Gasteiger partial charge in [0, 0.05) is 19.1 Å². The lowest BCUT2D eigenvalue weighted by atomic mass is 10.0. The quantitative estimate of drug-likeness (QED) is 0.588. The Balaban J connectivity index is 1.61. The van der Waals surface area contributed by atoms with Crippen LogP contribution in [0.4, 0.5) is 5.82 Å². The number of ether oxygens (including phenoxy) is 1. The largest absolute Gasteiger partial charge is 0.468 e. The van der Waals surface area contributed by atoms with Crippen molar-refractivity contribution in [3.63, 3.8) is 0 Å². The monoisotopic (exact) mass is 364 g/mol. The van der Waals surface area contributed by atoms with Crippen molar-refractivity contribution in [1.82, 2.24) is 14.9 Å². The molecule has 0 aromatic carbocycles. The minimum absolute atomic E-state index is 0.239. The van der Waals surface area contributed by atoms with Gasteiger partial charge in [0.1, 0.15) is 10.8 Å². The average molecular weight is 365 g/mol. The molecule has 3 heterocycles. The molecule has 0 amide bonds. The first kappa shape index (κ1) is 18.5. The zero-order valence-corrected chi connectivity index (χ0v) is 15.8. The van der Waals surface area contributed by atoms with Crippen molar-refractivity contribution in [3.8, 4) is 0 Å². The van der Waals surface area contributed by atoms with E-state index in [2.05, 4.69) is 19.5 Å². The smallest absolute Gasteiger partial charge is 0.316 e. The fourth-order valence-electron chi connectivity index (χ4n) is 3.67. The van der Waals surface area contributed by atoms with Crippen LogP contribution < -0.4 is 4.90 Å².